The lowest BCUT2D eigenvalue weighted by atomic mass is 9.94. The van der Waals surface area contributed by atoms with Gasteiger partial charge < -0.3 is 14.2 Å². The number of halogens is 8. The van der Waals surface area contributed by atoms with Gasteiger partial charge in [-0.05, 0) is 61.2 Å². The molecule has 38 heavy (non-hydrogen) atoms. The molecule has 1 heterocycles. The molecule has 2 unspecified atom stereocenters. The van der Waals surface area contributed by atoms with E-state index in [2.05, 4.69) is 4.74 Å². The molecule has 3 aromatic carbocycles. The largest absolute Gasteiger partial charge is 0.432 e. The predicted molar refractivity (Wildman–Crippen MR) is 121 cm³/mol. The van der Waals surface area contributed by atoms with Crippen molar-refractivity contribution in [3.8, 4) is 16.9 Å². The number of rotatable bonds is 8. The van der Waals surface area contributed by atoms with Gasteiger partial charge in [-0.25, -0.2) is 26.3 Å². The standard InChI is InChI=1S/C27H22F8O3/c1-2-36-12-14-3-6-24(37-13-14)16-8-22(32)26(23(33)9-16)27(34,35)38-25-11-19(29)17(10-21(25)31)15-4-5-18(28)20(30)7-15/h4-5,7-11,14,24H,2-3,6,12-13H2,1H3. The molecule has 11 heteroatoms. The minimum absolute atomic E-state index is 0.00233. The van der Waals surface area contributed by atoms with Crippen molar-refractivity contribution in [3.63, 3.8) is 0 Å². The lowest BCUT2D eigenvalue weighted by Crippen LogP contribution is -2.27. The van der Waals surface area contributed by atoms with Gasteiger partial charge >= 0.3 is 6.11 Å². The minimum Gasteiger partial charge on any atom is -0.425 e. The van der Waals surface area contributed by atoms with Gasteiger partial charge in [0.25, 0.3) is 0 Å². The molecule has 204 valence electrons. The predicted octanol–water partition coefficient (Wildman–Crippen LogP) is 7.82. The summed E-state index contributed by atoms with van der Waals surface area (Å²) in [4.78, 5) is 0. The summed E-state index contributed by atoms with van der Waals surface area (Å²) in [5.41, 5.74) is -2.64. The summed E-state index contributed by atoms with van der Waals surface area (Å²) >= 11 is 0. The smallest absolute Gasteiger partial charge is 0.425 e. The zero-order chi connectivity index (χ0) is 27.6. The summed E-state index contributed by atoms with van der Waals surface area (Å²) in [5, 5.41) is 0. The quantitative estimate of drug-likeness (QED) is 0.270. The summed E-state index contributed by atoms with van der Waals surface area (Å²) in [5.74, 6) is -10.00. The number of hydrogen-bond acceptors (Lipinski definition) is 3. The molecule has 0 radical (unpaired) electrons. The van der Waals surface area contributed by atoms with E-state index < -0.39 is 64.0 Å². The fourth-order valence-corrected chi connectivity index (χ4v) is 4.22. The van der Waals surface area contributed by atoms with Gasteiger partial charge in [0.05, 0.1) is 19.3 Å². The van der Waals surface area contributed by atoms with E-state index >= 15 is 0 Å². The highest BCUT2D eigenvalue weighted by Gasteiger charge is 2.42. The lowest BCUT2D eigenvalue weighted by Gasteiger charge is -2.29. The van der Waals surface area contributed by atoms with Gasteiger partial charge in [0.1, 0.15) is 23.0 Å². The summed E-state index contributed by atoms with van der Waals surface area (Å²) in [7, 11) is 0. The Bertz CT molecular complexity index is 1280. The zero-order valence-electron chi connectivity index (χ0n) is 20.0. The van der Waals surface area contributed by atoms with Crippen LogP contribution in [-0.2, 0) is 15.6 Å². The molecule has 4 rings (SSSR count). The van der Waals surface area contributed by atoms with Gasteiger partial charge in [-0.15, -0.1) is 0 Å². The maximum Gasteiger partial charge on any atom is 0.432 e. The number of hydrogen-bond donors (Lipinski definition) is 0. The third kappa shape index (κ3) is 5.94. The van der Waals surface area contributed by atoms with E-state index in [0.717, 1.165) is 6.07 Å². The molecular formula is C27H22F8O3. The van der Waals surface area contributed by atoms with Gasteiger partial charge in [0.2, 0.25) is 0 Å². The van der Waals surface area contributed by atoms with Gasteiger partial charge in [-0.3, -0.25) is 0 Å². The van der Waals surface area contributed by atoms with E-state index in [1.165, 1.54) is 0 Å². The van der Waals surface area contributed by atoms with Crippen molar-refractivity contribution in [1.82, 2.24) is 0 Å². The number of alkyl halides is 2. The zero-order valence-corrected chi connectivity index (χ0v) is 20.0. The molecule has 0 bridgehead atoms. The molecule has 0 spiro atoms. The maximum atomic E-state index is 14.8. The molecule has 0 amide bonds. The van der Waals surface area contributed by atoms with Crippen LogP contribution in [0.5, 0.6) is 5.75 Å². The van der Waals surface area contributed by atoms with E-state index in [0.29, 0.717) is 56.4 Å². The second-order valence-electron chi connectivity index (χ2n) is 8.79. The summed E-state index contributed by atoms with van der Waals surface area (Å²) in [6.45, 7) is 3.10. The third-order valence-corrected chi connectivity index (χ3v) is 6.15. The average molecular weight is 546 g/mol. The highest BCUT2D eigenvalue weighted by molar-refractivity contribution is 5.65. The Labute approximate surface area is 212 Å². The first-order valence-electron chi connectivity index (χ1n) is 11.7. The van der Waals surface area contributed by atoms with E-state index in [9.17, 15) is 35.1 Å². The van der Waals surface area contributed by atoms with Gasteiger partial charge in [-0.2, -0.15) is 8.78 Å². The Hall–Kier alpha value is -3.18. The molecule has 0 aliphatic carbocycles. The fraction of sp³-hybridized carbons (Fsp3) is 0.333. The maximum absolute atomic E-state index is 14.8. The van der Waals surface area contributed by atoms with Crippen molar-refractivity contribution in [2.24, 2.45) is 5.92 Å². The molecule has 1 fully saturated rings. The Balaban J connectivity index is 1.55. The molecule has 3 aromatic rings. The van der Waals surface area contributed by atoms with E-state index in [1.807, 2.05) is 6.92 Å². The molecule has 3 nitrogen and oxygen atoms in total. The highest BCUT2D eigenvalue weighted by atomic mass is 19.3. The second-order valence-corrected chi connectivity index (χ2v) is 8.79. The van der Waals surface area contributed by atoms with E-state index in [-0.39, 0.29) is 29.7 Å². The van der Waals surface area contributed by atoms with Crippen LogP contribution in [0.15, 0.2) is 42.5 Å². The Morgan fingerprint density at radius 3 is 2.13 bits per heavy atom. The molecule has 2 atom stereocenters. The van der Waals surface area contributed by atoms with Gasteiger partial charge in [0, 0.05) is 24.2 Å². The van der Waals surface area contributed by atoms with Gasteiger partial charge in [0.15, 0.2) is 23.2 Å². The van der Waals surface area contributed by atoms with Crippen LogP contribution in [0.4, 0.5) is 35.1 Å². The van der Waals surface area contributed by atoms with Crippen molar-refractivity contribution < 1.29 is 49.3 Å². The minimum atomic E-state index is -4.74. The topological polar surface area (TPSA) is 27.7 Å². The monoisotopic (exact) mass is 546 g/mol. The normalized spacial score (nSPS) is 18.0. The van der Waals surface area contributed by atoms with Crippen molar-refractivity contribution in [2.45, 2.75) is 32.0 Å². The summed E-state index contributed by atoms with van der Waals surface area (Å²) in [6.07, 6.45) is -4.44. The Morgan fingerprint density at radius 1 is 0.816 bits per heavy atom. The molecule has 1 saturated heterocycles. The second kappa shape index (κ2) is 11.3. The van der Waals surface area contributed by atoms with Crippen LogP contribution in [-0.4, -0.2) is 19.8 Å². The molecule has 1 aliphatic heterocycles. The first-order chi connectivity index (χ1) is 18.0. The molecule has 0 saturated carbocycles. The van der Waals surface area contributed by atoms with Crippen molar-refractivity contribution in [2.75, 3.05) is 19.8 Å². The molecule has 1 aliphatic rings. The van der Waals surface area contributed by atoms with Crippen LogP contribution in [0.1, 0.15) is 37.0 Å². The fourth-order valence-electron chi connectivity index (χ4n) is 4.22. The van der Waals surface area contributed by atoms with Crippen LogP contribution in [0.3, 0.4) is 0 Å². The highest BCUT2D eigenvalue weighted by Crippen LogP contribution is 2.40. The van der Waals surface area contributed by atoms with Crippen molar-refractivity contribution in [3.05, 3.63) is 88.5 Å². The SMILES string of the molecule is CCOCC1CCC(c2cc(F)c(C(F)(F)Oc3cc(F)c(-c4ccc(F)c(F)c4)cc3F)c(F)c2)OC1. The van der Waals surface area contributed by atoms with Crippen LogP contribution >= 0.6 is 0 Å². The first-order valence-corrected chi connectivity index (χ1v) is 11.7. The van der Waals surface area contributed by atoms with Crippen LogP contribution in [0.25, 0.3) is 11.1 Å². The molecular weight excluding hydrogens is 524 g/mol. The third-order valence-electron chi connectivity index (χ3n) is 6.15. The van der Waals surface area contributed by atoms with E-state index in [1.54, 1.807) is 0 Å². The molecule has 0 N–H and O–H groups in total. The lowest BCUT2D eigenvalue weighted by molar-refractivity contribution is -0.191. The van der Waals surface area contributed by atoms with Crippen molar-refractivity contribution >= 4 is 0 Å². The number of ether oxygens (including phenoxy) is 3. The summed E-state index contributed by atoms with van der Waals surface area (Å²) < 4.78 is 130. The number of benzene rings is 3. The van der Waals surface area contributed by atoms with Crippen molar-refractivity contribution in [1.29, 1.82) is 0 Å². The Kier molecular flexibility index (Phi) is 8.27. The van der Waals surface area contributed by atoms with Crippen LogP contribution in [0, 0.1) is 40.8 Å². The van der Waals surface area contributed by atoms with Gasteiger partial charge in [-0.1, -0.05) is 6.07 Å². The molecule has 0 aromatic heterocycles. The summed E-state index contributed by atoms with van der Waals surface area (Å²) in [6, 6.07) is 4.23. The first kappa shape index (κ1) is 27.8. The van der Waals surface area contributed by atoms with Crippen LogP contribution < -0.4 is 4.74 Å². The van der Waals surface area contributed by atoms with E-state index in [4.69, 9.17) is 9.47 Å². The van der Waals surface area contributed by atoms with Crippen LogP contribution in [0.2, 0.25) is 0 Å². The Morgan fingerprint density at radius 2 is 1.53 bits per heavy atom. The average Bonchev–Trinajstić information content (AvgIpc) is 2.86.